The molecule has 5 nitrogen and oxygen atoms in total. The highest BCUT2D eigenvalue weighted by atomic mass is 32.1. The zero-order chi connectivity index (χ0) is 9.97. The third-order valence-electron chi connectivity index (χ3n) is 2.40. The molecule has 0 amide bonds. The summed E-state index contributed by atoms with van der Waals surface area (Å²) < 4.78 is 5.29. The van der Waals surface area contributed by atoms with E-state index >= 15 is 0 Å². The number of anilines is 1. The van der Waals surface area contributed by atoms with Gasteiger partial charge in [0.05, 0.1) is 12.6 Å². The lowest BCUT2D eigenvalue weighted by molar-refractivity contribution is 0.107. The van der Waals surface area contributed by atoms with Crippen LogP contribution in [0, 0.1) is 0 Å². The average molecular weight is 214 g/mol. The van der Waals surface area contributed by atoms with Crippen molar-refractivity contribution < 1.29 is 4.74 Å². The maximum atomic E-state index is 5.51. The fraction of sp³-hybridized carbons (Fsp3) is 0.750. The molecule has 6 heteroatoms. The zero-order valence-electron chi connectivity index (χ0n) is 8.14. The second-order valence-electron chi connectivity index (χ2n) is 3.42. The van der Waals surface area contributed by atoms with Crippen molar-refractivity contribution in [2.24, 2.45) is 0 Å². The number of nitrogens with zero attached hydrogens (tertiary/aromatic N) is 3. The topological polar surface area (TPSA) is 64.3 Å². The molecule has 1 aliphatic heterocycles. The molecule has 0 saturated carbocycles. The van der Waals surface area contributed by atoms with E-state index < -0.39 is 0 Å². The Labute approximate surface area is 86.9 Å². The van der Waals surface area contributed by atoms with E-state index in [0.29, 0.717) is 11.2 Å². The SMILES string of the molecule is COC1CCN(Cc2nnc(N)s2)C1. The molecule has 2 rings (SSSR count). The molecule has 0 aliphatic carbocycles. The standard InChI is InChI=1S/C8H14N4OS/c1-13-6-2-3-12(4-6)5-7-10-11-8(9)14-7/h6H,2-5H2,1H3,(H2,9,11). The van der Waals surface area contributed by atoms with Gasteiger partial charge in [-0.3, -0.25) is 4.90 Å². The van der Waals surface area contributed by atoms with Crippen molar-refractivity contribution in [2.45, 2.75) is 19.1 Å². The number of nitrogens with two attached hydrogens (primary N) is 1. The lowest BCUT2D eigenvalue weighted by atomic mass is 10.3. The van der Waals surface area contributed by atoms with Crippen molar-refractivity contribution in [3.63, 3.8) is 0 Å². The molecule has 2 heterocycles. The van der Waals surface area contributed by atoms with Crippen LogP contribution in [-0.4, -0.2) is 41.4 Å². The second kappa shape index (κ2) is 4.20. The van der Waals surface area contributed by atoms with Crippen LogP contribution in [0.25, 0.3) is 0 Å². The monoisotopic (exact) mass is 214 g/mol. The van der Waals surface area contributed by atoms with Gasteiger partial charge >= 0.3 is 0 Å². The maximum absolute atomic E-state index is 5.51. The summed E-state index contributed by atoms with van der Waals surface area (Å²) in [5, 5.41) is 9.31. The first-order chi connectivity index (χ1) is 6.78. The van der Waals surface area contributed by atoms with Gasteiger partial charge in [0.1, 0.15) is 5.01 Å². The molecular formula is C8H14N4OS. The quantitative estimate of drug-likeness (QED) is 0.786. The first kappa shape index (κ1) is 9.82. The molecule has 1 atom stereocenters. The minimum atomic E-state index is 0.375. The first-order valence-electron chi connectivity index (χ1n) is 4.61. The maximum Gasteiger partial charge on any atom is 0.203 e. The number of likely N-dealkylation sites (tertiary alicyclic amines) is 1. The van der Waals surface area contributed by atoms with Crippen LogP contribution < -0.4 is 5.73 Å². The summed E-state index contributed by atoms with van der Waals surface area (Å²) in [4.78, 5) is 2.31. The molecule has 1 saturated heterocycles. The summed E-state index contributed by atoms with van der Waals surface area (Å²) in [6.07, 6.45) is 1.48. The Hall–Kier alpha value is -0.720. The number of ether oxygens (including phenoxy) is 1. The average Bonchev–Trinajstić information content (AvgIpc) is 2.76. The van der Waals surface area contributed by atoms with Gasteiger partial charge in [0.25, 0.3) is 0 Å². The molecule has 1 unspecified atom stereocenters. The van der Waals surface area contributed by atoms with E-state index in [1.807, 2.05) is 0 Å². The summed E-state index contributed by atoms with van der Waals surface area (Å²) in [6, 6.07) is 0. The van der Waals surface area contributed by atoms with Crippen molar-refractivity contribution in [1.82, 2.24) is 15.1 Å². The highest BCUT2D eigenvalue weighted by Gasteiger charge is 2.22. The van der Waals surface area contributed by atoms with E-state index in [0.717, 1.165) is 31.1 Å². The molecule has 0 radical (unpaired) electrons. The summed E-state index contributed by atoms with van der Waals surface area (Å²) in [7, 11) is 1.76. The summed E-state index contributed by atoms with van der Waals surface area (Å²) in [5.74, 6) is 0. The molecule has 0 spiro atoms. The molecule has 0 bridgehead atoms. The lowest BCUT2D eigenvalue weighted by Crippen LogP contribution is -2.22. The molecule has 1 aromatic heterocycles. The molecule has 1 fully saturated rings. The Morgan fingerprint density at radius 2 is 2.50 bits per heavy atom. The van der Waals surface area contributed by atoms with E-state index in [-0.39, 0.29) is 0 Å². The lowest BCUT2D eigenvalue weighted by Gasteiger charge is -2.12. The Balaban J connectivity index is 1.87. The molecule has 2 N–H and O–H groups in total. The summed E-state index contributed by atoms with van der Waals surface area (Å²) in [5.41, 5.74) is 5.51. The van der Waals surface area contributed by atoms with Gasteiger partial charge in [-0.2, -0.15) is 0 Å². The van der Waals surface area contributed by atoms with E-state index in [1.54, 1.807) is 7.11 Å². The zero-order valence-corrected chi connectivity index (χ0v) is 8.96. The van der Waals surface area contributed by atoms with Crippen LogP contribution in [0.4, 0.5) is 5.13 Å². The number of nitrogen functional groups attached to an aromatic ring is 1. The van der Waals surface area contributed by atoms with Gasteiger partial charge in [0.2, 0.25) is 5.13 Å². The minimum absolute atomic E-state index is 0.375. The van der Waals surface area contributed by atoms with Gasteiger partial charge in [-0.25, -0.2) is 0 Å². The first-order valence-corrected chi connectivity index (χ1v) is 5.42. The van der Waals surface area contributed by atoms with Crippen LogP contribution in [0.15, 0.2) is 0 Å². The highest BCUT2D eigenvalue weighted by molar-refractivity contribution is 7.15. The Morgan fingerprint density at radius 1 is 1.64 bits per heavy atom. The molecule has 1 aromatic rings. The molecule has 0 aromatic carbocycles. The van der Waals surface area contributed by atoms with Crippen molar-refractivity contribution in [2.75, 3.05) is 25.9 Å². The van der Waals surface area contributed by atoms with E-state index in [2.05, 4.69) is 15.1 Å². The molecule has 1 aliphatic rings. The summed E-state index contributed by atoms with van der Waals surface area (Å²) in [6.45, 7) is 2.89. The predicted molar refractivity (Wildman–Crippen MR) is 55.0 cm³/mol. The van der Waals surface area contributed by atoms with Gasteiger partial charge in [-0.05, 0) is 6.42 Å². The van der Waals surface area contributed by atoms with Crippen LogP contribution in [0.1, 0.15) is 11.4 Å². The van der Waals surface area contributed by atoms with Gasteiger partial charge in [0.15, 0.2) is 0 Å². The van der Waals surface area contributed by atoms with Crippen LogP contribution in [0.5, 0.6) is 0 Å². The van der Waals surface area contributed by atoms with Crippen molar-refractivity contribution in [3.8, 4) is 0 Å². The highest BCUT2D eigenvalue weighted by Crippen LogP contribution is 2.18. The Kier molecular flexibility index (Phi) is 2.95. The normalized spacial score (nSPS) is 23.1. The molecular weight excluding hydrogens is 200 g/mol. The molecule has 78 valence electrons. The van der Waals surface area contributed by atoms with E-state index in [4.69, 9.17) is 10.5 Å². The van der Waals surface area contributed by atoms with Crippen LogP contribution in [0.3, 0.4) is 0 Å². The van der Waals surface area contributed by atoms with Crippen LogP contribution in [-0.2, 0) is 11.3 Å². The Bertz CT molecular complexity index is 303. The van der Waals surface area contributed by atoms with Crippen molar-refractivity contribution >= 4 is 16.5 Å². The fourth-order valence-electron chi connectivity index (χ4n) is 1.65. The smallest absolute Gasteiger partial charge is 0.203 e. The third kappa shape index (κ3) is 2.20. The summed E-state index contributed by atoms with van der Waals surface area (Å²) >= 11 is 1.46. The number of hydrogen-bond donors (Lipinski definition) is 1. The van der Waals surface area contributed by atoms with Crippen molar-refractivity contribution in [3.05, 3.63) is 5.01 Å². The van der Waals surface area contributed by atoms with Gasteiger partial charge < -0.3 is 10.5 Å². The van der Waals surface area contributed by atoms with Crippen LogP contribution >= 0.6 is 11.3 Å². The van der Waals surface area contributed by atoms with E-state index in [9.17, 15) is 0 Å². The van der Waals surface area contributed by atoms with Gasteiger partial charge in [0, 0.05) is 20.2 Å². The minimum Gasteiger partial charge on any atom is -0.380 e. The largest absolute Gasteiger partial charge is 0.380 e. The second-order valence-corrected chi connectivity index (χ2v) is 4.51. The van der Waals surface area contributed by atoms with Crippen molar-refractivity contribution in [1.29, 1.82) is 0 Å². The molecule has 14 heavy (non-hydrogen) atoms. The predicted octanol–water partition coefficient (Wildman–Crippen LogP) is 0.341. The Morgan fingerprint density at radius 3 is 3.07 bits per heavy atom. The van der Waals surface area contributed by atoms with Crippen LogP contribution in [0.2, 0.25) is 0 Å². The third-order valence-corrected chi connectivity index (χ3v) is 3.14. The number of methoxy groups -OCH3 is 1. The fourth-order valence-corrected chi connectivity index (χ4v) is 2.31. The number of rotatable bonds is 3. The van der Waals surface area contributed by atoms with Gasteiger partial charge in [-0.15, -0.1) is 10.2 Å². The van der Waals surface area contributed by atoms with E-state index in [1.165, 1.54) is 11.3 Å². The number of aromatic nitrogens is 2. The number of hydrogen-bond acceptors (Lipinski definition) is 6. The van der Waals surface area contributed by atoms with Gasteiger partial charge in [-0.1, -0.05) is 11.3 Å².